The maximum Gasteiger partial charge on any atom is 0.261 e. The third kappa shape index (κ3) is 8.40. The average molecular weight is 495 g/mol. The number of benzene rings is 3. The van der Waals surface area contributed by atoms with Crippen LogP contribution in [0.5, 0.6) is 11.5 Å². The molecule has 0 fully saturated rings. The monoisotopic (exact) mass is 494 g/mol. The molecule has 0 aliphatic heterocycles. The van der Waals surface area contributed by atoms with E-state index in [1.807, 2.05) is 56.3 Å². The van der Waals surface area contributed by atoms with Gasteiger partial charge < -0.3 is 14.8 Å². The molecule has 0 radical (unpaired) electrons. The fraction of sp³-hybridized carbons (Fsp3) is 0.250. The van der Waals surface area contributed by atoms with Crippen molar-refractivity contribution in [1.82, 2.24) is 5.32 Å². The first kappa shape index (κ1) is 27.3. The quantitative estimate of drug-likeness (QED) is 0.130. The largest absolute Gasteiger partial charge is 0.490 e. The molecule has 0 aliphatic carbocycles. The Hall–Kier alpha value is -4.30. The summed E-state index contributed by atoms with van der Waals surface area (Å²) in [6.07, 6.45) is 5.59. The van der Waals surface area contributed by atoms with Crippen molar-refractivity contribution in [3.63, 3.8) is 0 Å². The second-order valence-corrected chi connectivity index (χ2v) is 8.72. The normalized spacial score (nSPS) is 10.9. The Balaban J connectivity index is 1.76. The van der Waals surface area contributed by atoms with Gasteiger partial charge in [-0.1, -0.05) is 66.2 Å². The Morgan fingerprint density at radius 2 is 1.81 bits per heavy atom. The molecule has 1 N–H and O–H groups in total. The van der Waals surface area contributed by atoms with Crippen LogP contribution < -0.4 is 14.8 Å². The average Bonchev–Trinajstić information content (AvgIpc) is 2.91. The van der Waals surface area contributed by atoms with Gasteiger partial charge in [0.1, 0.15) is 18.2 Å². The molecular weight excluding hydrogens is 460 g/mol. The molecule has 0 atom stereocenters. The van der Waals surface area contributed by atoms with E-state index in [4.69, 9.17) is 9.47 Å². The van der Waals surface area contributed by atoms with Crippen molar-refractivity contribution >= 4 is 12.0 Å². The van der Waals surface area contributed by atoms with E-state index < -0.39 is 5.91 Å². The van der Waals surface area contributed by atoms with Crippen molar-refractivity contribution in [1.29, 1.82) is 5.26 Å². The lowest BCUT2D eigenvalue weighted by atomic mass is 10.0. The number of hydrogen-bond donors (Lipinski definition) is 1. The molecule has 0 bridgehead atoms. The maximum absolute atomic E-state index is 12.7. The van der Waals surface area contributed by atoms with Crippen LogP contribution in [0.25, 0.3) is 6.08 Å². The Bertz CT molecular complexity index is 1260. The lowest BCUT2D eigenvalue weighted by Crippen LogP contribution is -2.25. The van der Waals surface area contributed by atoms with Crippen LogP contribution in [0.15, 0.2) is 85.0 Å². The zero-order valence-electron chi connectivity index (χ0n) is 21.6. The lowest BCUT2D eigenvalue weighted by Gasteiger charge is -2.17. The molecular formula is C32H34N2O3. The summed E-state index contributed by atoms with van der Waals surface area (Å²) in [5.74, 6) is 0.822. The zero-order valence-corrected chi connectivity index (χ0v) is 21.6. The molecule has 0 aliphatic rings. The molecule has 0 spiro atoms. The number of nitrogens with zero attached hydrogens (tertiary/aromatic N) is 1. The SMILES string of the molecule is C=CCc1cc(/C=C(/C#N)C(=O)NCCCc2ccccc2)cc(OCC)c1OCc1ccc(C)cc1. The smallest absolute Gasteiger partial charge is 0.261 e. The summed E-state index contributed by atoms with van der Waals surface area (Å²) >= 11 is 0. The van der Waals surface area contributed by atoms with Crippen LogP contribution in [0.2, 0.25) is 0 Å². The second kappa shape index (κ2) is 14.3. The summed E-state index contributed by atoms with van der Waals surface area (Å²) in [5.41, 5.74) is 5.07. The molecule has 0 aromatic heterocycles. The summed E-state index contributed by atoms with van der Waals surface area (Å²) in [5, 5.41) is 12.5. The third-order valence-corrected chi connectivity index (χ3v) is 5.77. The number of ether oxygens (including phenoxy) is 2. The van der Waals surface area contributed by atoms with Crippen molar-refractivity contribution in [3.05, 3.63) is 113 Å². The molecule has 190 valence electrons. The number of carbonyl (C=O) groups excluding carboxylic acids is 1. The fourth-order valence-corrected chi connectivity index (χ4v) is 3.89. The maximum atomic E-state index is 12.7. The minimum atomic E-state index is -0.390. The molecule has 5 heteroatoms. The Kier molecular flexibility index (Phi) is 10.6. The van der Waals surface area contributed by atoms with Gasteiger partial charge >= 0.3 is 0 Å². The second-order valence-electron chi connectivity index (χ2n) is 8.72. The molecule has 0 saturated carbocycles. The first-order valence-electron chi connectivity index (χ1n) is 12.6. The Morgan fingerprint density at radius 3 is 2.49 bits per heavy atom. The van der Waals surface area contributed by atoms with Crippen LogP contribution in [0.1, 0.15) is 41.2 Å². The number of aryl methyl sites for hydroxylation is 2. The molecule has 0 saturated heterocycles. The topological polar surface area (TPSA) is 71.4 Å². The number of carbonyl (C=O) groups is 1. The van der Waals surface area contributed by atoms with Crippen LogP contribution in [-0.4, -0.2) is 19.1 Å². The van der Waals surface area contributed by atoms with E-state index in [0.29, 0.717) is 43.2 Å². The van der Waals surface area contributed by atoms with Gasteiger partial charge in [0, 0.05) is 12.1 Å². The van der Waals surface area contributed by atoms with Crippen LogP contribution in [0.4, 0.5) is 0 Å². The van der Waals surface area contributed by atoms with Gasteiger partial charge in [0.05, 0.1) is 6.61 Å². The summed E-state index contributed by atoms with van der Waals surface area (Å²) < 4.78 is 12.1. The highest BCUT2D eigenvalue weighted by Gasteiger charge is 2.15. The van der Waals surface area contributed by atoms with Crippen LogP contribution in [0, 0.1) is 18.3 Å². The van der Waals surface area contributed by atoms with Gasteiger partial charge in [-0.25, -0.2) is 0 Å². The van der Waals surface area contributed by atoms with E-state index in [-0.39, 0.29) is 5.57 Å². The molecule has 0 heterocycles. The summed E-state index contributed by atoms with van der Waals surface area (Å²) in [7, 11) is 0. The van der Waals surface area contributed by atoms with Gasteiger partial charge in [-0.3, -0.25) is 4.79 Å². The standard InChI is InChI=1S/C32H34N2O3/c1-4-10-28-19-27(20-29(22-33)32(35)34-18-9-13-25-11-7-6-8-12-25)21-30(36-5-2)31(28)37-23-26-16-14-24(3)15-17-26/h4,6-8,11-12,14-17,19-21H,1,5,9-10,13,18,23H2,2-3H3,(H,34,35)/b29-20-. The van der Waals surface area contributed by atoms with E-state index in [1.165, 1.54) is 11.1 Å². The summed E-state index contributed by atoms with van der Waals surface area (Å²) in [4.78, 5) is 12.7. The molecule has 5 nitrogen and oxygen atoms in total. The first-order chi connectivity index (χ1) is 18.0. The minimum absolute atomic E-state index is 0.0417. The van der Waals surface area contributed by atoms with Gasteiger partial charge in [-0.2, -0.15) is 5.26 Å². The van der Waals surface area contributed by atoms with E-state index in [2.05, 4.69) is 36.2 Å². The van der Waals surface area contributed by atoms with Crippen molar-refractivity contribution in [2.45, 2.75) is 39.7 Å². The van der Waals surface area contributed by atoms with Gasteiger partial charge in [0.25, 0.3) is 5.91 Å². The van der Waals surface area contributed by atoms with E-state index in [0.717, 1.165) is 24.0 Å². The summed E-state index contributed by atoms with van der Waals surface area (Å²) in [6, 6.07) is 24.0. The number of nitrogens with one attached hydrogen (secondary N) is 1. The number of nitriles is 1. The number of hydrogen-bond acceptors (Lipinski definition) is 4. The van der Waals surface area contributed by atoms with Crippen LogP contribution in [-0.2, 0) is 24.2 Å². The Morgan fingerprint density at radius 1 is 1.05 bits per heavy atom. The Labute approximate surface area is 220 Å². The summed E-state index contributed by atoms with van der Waals surface area (Å²) in [6.45, 7) is 9.17. The number of amides is 1. The number of rotatable bonds is 13. The van der Waals surface area contributed by atoms with Gasteiger partial charge in [-0.15, -0.1) is 6.58 Å². The van der Waals surface area contributed by atoms with E-state index >= 15 is 0 Å². The molecule has 1 amide bonds. The van der Waals surface area contributed by atoms with Gasteiger partial charge in [-0.05, 0) is 68.0 Å². The van der Waals surface area contributed by atoms with Crippen LogP contribution in [0.3, 0.4) is 0 Å². The van der Waals surface area contributed by atoms with Crippen molar-refractivity contribution in [2.75, 3.05) is 13.2 Å². The predicted molar refractivity (Wildman–Crippen MR) is 148 cm³/mol. The number of allylic oxidation sites excluding steroid dienone is 1. The highest BCUT2D eigenvalue weighted by atomic mass is 16.5. The predicted octanol–water partition coefficient (Wildman–Crippen LogP) is 6.36. The fourth-order valence-electron chi connectivity index (χ4n) is 3.89. The molecule has 0 unspecified atom stereocenters. The van der Waals surface area contributed by atoms with Gasteiger partial charge in [0.2, 0.25) is 0 Å². The van der Waals surface area contributed by atoms with Crippen LogP contribution >= 0.6 is 0 Å². The molecule has 37 heavy (non-hydrogen) atoms. The first-order valence-corrected chi connectivity index (χ1v) is 12.6. The van der Waals surface area contributed by atoms with E-state index in [1.54, 1.807) is 18.2 Å². The molecule has 3 aromatic rings. The molecule has 3 rings (SSSR count). The van der Waals surface area contributed by atoms with Crippen molar-refractivity contribution < 1.29 is 14.3 Å². The van der Waals surface area contributed by atoms with Gasteiger partial charge in [0.15, 0.2) is 11.5 Å². The third-order valence-electron chi connectivity index (χ3n) is 5.77. The highest BCUT2D eigenvalue weighted by Crippen LogP contribution is 2.35. The molecule has 3 aromatic carbocycles. The highest BCUT2D eigenvalue weighted by molar-refractivity contribution is 6.01. The minimum Gasteiger partial charge on any atom is -0.490 e. The lowest BCUT2D eigenvalue weighted by molar-refractivity contribution is -0.117. The zero-order chi connectivity index (χ0) is 26.5. The van der Waals surface area contributed by atoms with Crippen molar-refractivity contribution in [2.24, 2.45) is 0 Å². The van der Waals surface area contributed by atoms with Crippen molar-refractivity contribution in [3.8, 4) is 17.6 Å². The van der Waals surface area contributed by atoms with E-state index in [9.17, 15) is 10.1 Å².